The summed E-state index contributed by atoms with van der Waals surface area (Å²) in [6.45, 7) is 0. The molecule has 4 aromatic carbocycles. The number of benzene rings is 4. The quantitative estimate of drug-likeness (QED) is 0.158. The van der Waals surface area contributed by atoms with Crippen LogP contribution in [-0.4, -0.2) is 10.7 Å². The molecule has 3 heterocycles. The van der Waals surface area contributed by atoms with Crippen molar-refractivity contribution < 1.29 is 4.42 Å². The van der Waals surface area contributed by atoms with E-state index in [-0.39, 0.29) is 17.6 Å². The highest BCUT2D eigenvalue weighted by Gasteiger charge is 2.42. The van der Waals surface area contributed by atoms with Crippen molar-refractivity contribution >= 4 is 50.0 Å². The molecule has 0 amide bonds. The van der Waals surface area contributed by atoms with Crippen molar-refractivity contribution in [1.82, 2.24) is 4.98 Å². The van der Waals surface area contributed by atoms with Gasteiger partial charge in [-0.05, 0) is 64.9 Å². The lowest BCUT2D eigenvalue weighted by Gasteiger charge is -2.29. The number of rotatable bonds is 4. The van der Waals surface area contributed by atoms with Crippen molar-refractivity contribution in [2.75, 3.05) is 5.01 Å². The Kier molecular flexibility index (Phi) is 6.08. The molecule has 5 nitrogen and oxygen atoms in total. The molecule has 0 unspecified atom stereocenters. The molecule has 0 radical (unpaired) electrons. The van der Waals surface area contributed by atoms with Crippen LogP contribution < -0.4 is 10.6 Å². The maximum Gasteiger partial charge on any atom is 0.345 e. The van der Waals surface area contributed by atoms with Crippen molar-refractivity contribution in [3.05, 3.63) is 136 Å². The zero-order chi connectivity index (χ0) is 28.0. The van der Waals surface area contributed by atoms with Crippen molar-refractivity contribution in [2.45, 2.75) is 25.3 Å². The lowest BCUT2D eigenvalue weighted by molar-refractivity contribution is 0.487. The molecule has 0 saturated heterocycles. The zero-order valence-electron chi connectivity index (χ0n) is 22.8. The van der Waals surface area contributed by atoms with Gasteiger partial charge in [0.1, 0.15) is 5.58 Å². The zero-order valence-corrected chi connectivity index (χ0v) is 23.6. The Bertz CT molecular complexity index is 2060. The molecule has 1 aliphatic heterocycles. The van der Waals surface area contributed by atoms with Gasteiger partial charge < -0.3 is 4.42 Å². The smallest absolute Gasteiger partial charge is 0.345 e. The Balaban J connectivity index is 1.23. The summed E-state index contributed by atoms with van der Waals surface area (Å²) in [6.07, 6.45) is 7.27. The topological polar surface area (TPSA) is 58.7 Å². The lowest BCUT2D eigenvalue weighted by atomic mass is 9.77. The highest BCUT2D eigenvalue weighted by Crippen LogP contribution is 2.47. The third kappa shape index (κ3) is 4.27. The van der Waals surface area contributed by atoms with Gasteiger partial charge in [0.05, 0.1) is 22.2 Å². The molecule has 2 aromatic heterocycles. The second-order valence-corrected chi connectivity index (χ2v) is 11.9. The van der Waals surface area contributed by atoms with Gasteiger partial charge in [0, 0.05) is 17.5 Å². The van der Waals surface area contributed by atoms with Gasteiger partial charge in [0.25, 0.3) is 0 Å². The Morgan fingerprint density at radius 1 is 0.881 bits per heavy atom. The average molecular weight is 566 g/mol. The van der Waals surface area contributed by atoms with Gasteiger partial charge in [0.2, 0.25) is 5.13 Å². The number of aromatic nitrogens is 1. The molecule has 6 aromatic rings. The number of nitrogens with zero attached hydrogens (tertiary/aromatic N) is 3. The first kappa shape index (κ1) is 24.9. The summed E-state index contributed by atoms with van der Waals surface area (Å²) in [5, 5.41) is 11.2. The molecule has 1 aliphatic carbocycles. The molecule has 0 spiro atoms. The van der Waals surface area contributed by atoms with Crippen LogP contribution in [0.5, 0.6) is 0 Å². The number of allylic oxidation sites excluding steroid dienone is 1. The molecule has 8 rings (SSSR count). The Morgan fingerprint density at radius 2 is 1.67 bits per heavy atom. The SMILES string of the molecule is O=c1oc2ccc3ccccc3c2cc1-c1cnc(N2N=C3/C(=C/c4ccccc4)CCC[C@@H]3[C@@H]2c2ccccc2)s1. The number of anilines is 1. The minimum Gasteiger partial charge on any atom is -0.422 e. The van der Waals surface area contributed by atoms with E-state index in [4.69, 9.17) is 14.5 Å². The van der Waals surface area contributed by atoms with Gasteiger partial charge in [-0.3, -0.25) is 0 Å². The normalized spacial score (nSPS) is 19.4. The van der Waals surface area contributed by atoms with Crippen molar-refractivity contribution in [2.24, 2.45) is 11.0 Å². The molecule has 0 bridgehead atoms. The molecule has 42 heavy (non-hydrogen) atoms. The van der Waals surface area contributed by atoms with Crippen LogP contribution in [0.3, 0.4) is 0 Å². The minimum atomic E-state index is -0.359. The first-order valence-corrected chi connectivity index (χ1v) is 15.1. The van der Waals surface area contributed by atoms with E-state index in [1.807, 2.05) is 36.4 Å². The molecular formula is C36H27N3O2S. The van der Waals surface area contributed by atoms with Crippen LogP contribution >= 0.6 is 11.3 Å². The highest BCUT2D eigenvalue weighted by atomic mass is 32.1. The van der Waals surface area contributed by atoms with Crippen LogP contribution in [0, 0.1) is 5.92 Å². The molecule has 6 heteroatoms. The van der Waals surface area contributed by atoms with Crippen molar-refractivity contribution in [1.29, 1.82) is 0 Å². The predicted molar refractivity (Wildman–Crippen MR) is 172 cm³/mol. The summed E-state index contributed by atoms with van der Waals surface area (Å²) in [5.41, 5.74) is 5.60. The summed E-state index contributed by atoms with van der Waals surface area (Å²) >= 11 is 1.49. The van der Waals surface area contributed by atoms with E-state index in [2.05, 4.69) is 77.8 Å². The van der Waals surface area contributed by atoms with E-state index in [0.29, 0.717) is 11.1 Å². The summed E-state index contributed by atoms with van der Waals surface area (Å²) in [7, 11) is 0. The summed E-state index contributed by atoms with van der Waals surface area (Å²) < 4.78 is 5.80. The lowest BCUT2D eigenvalue weighted by Crippen LogP contribution is -2.27. The third-order valence-corrected chi connectivity index (χ3v) is 9.40. The fourth-order valence-electron chi connectivity index (χ4n) is 6.43. The number of thiazole rings is 1. The van der Waals surface area contributed by atoms with Crippen LogP contribution in [0.4, 0.5) is 5.13 Å². The monoisotopic (exact) mass is 565 g/mol. The number of fused-ring (bicyclic) bond motifs is 4. The van der Waals surface area contributed by atoms with Crippen molar-refractivity contribution in [3.63, 3.8) is 0 Å². The molecule has 1 fully saturated rings. The van der Waals surface area contributed by atoms with Gasteiger partial charge >= 0.3 is 5.63 Å². The van der Waals surface area contributed by atoms with Crippen LogP contribution in [0.1, 0.15) is 36.4 Å². The largest absolute Gasteiger partial charge is 0.422 e. The second-order valence-electron chi connectivity index (χ2n) is 10.9. The first-order valence-electron chi connectivity index (χ1n) is 14.3. The predicted octanol–water partition coefficient (Wildman–Crippen LogP) is 8.87. The Morgan fingerprint density at radius 3 is 2.52 bits per heavy atom. The maximum atomic E-state index is 13.2. The summed E-state index contributed by atoms with van der Waals surface area (Å²) in [6, 6.07) is 35.1. The van der Waals surface area contributed by atoms with E-state index in [1.54, 1.807) is 6.20 Å². The first-order chi connectivity index (χ1) is 20.7. The Labute approximate surface area is 247 Å². The molecule has 0 N–H and O–H groups in total. The molecule has 2 aliphatic rings. The maximum absolute atomic E-state index is 13.2. The summed E-state index contributed by atoms with van der Waals surface area (Å²) in [4.78, 5) is 18.8. The third-order valence-electron chi connectivity index (χ3n) is 8.38. The number of hydrazone groups is 1. The summed E-state index contributed by atoms with van der Waals surface area (Å²) in [5.74, 6) is 0.264. The van der Waals surface area contributed by atoms with E-state index < -0.39 is 0 Å². The second kappa shape index (κ2) is 10.2. The van der Waals surface area contributed by atoms with Gasteiger partial charge in [0.15, 0.2) is 0 Å². The van der Waals surface area contributed by atoms with Gasteiger partial charge in [-0.1, -0.05) is 102 Å². The van der Waals surface area contributed by atoms with Crippen LogP contribution in [0.25, 0.3) is 38.3 Å². The fourth-order valence-corrected chi connectivity index (χ4v) is 7.34. The molecule has 1 saturated carbocycles. The van der Waals surface area contributed by atoms with Crippen LogP contribution in [0.2, 0.25) is 0 Å². The van der Waals surface area contributed by atoms with Crippen LogP contribution in [0.15, 0.2) is 129 Å². The van der Waals surface area contributed by atoms with E-state index >= 15 is 0 Å². The number of hydrogen-bond acceptors (Lipinski definition) is 6. The van der Waals surface area contributed by atoms with Crippen molar-refractivity contribution in [3.8, 4) is 10.4 Å². The van der Waals surface area contributed by atoms with Crippen LogP contribution in [-0.2, 0) is 0 Å². The van der Waals surface area contributed by atoms with E-state index in [0.717, 1.165) is 51.1 Å². The molecule has 204 valence electrons. The fraction of sp³-hybridized carbons (Fsp3) is 0.139. The van der Waals surface area contributed by atoms with E-state index in [9.17, 15) is 4.79 Å². The highest BCUT2D eigenvalue weighted by molar-refractivity contribution is 7.18. The molecular weight excluding hydrogens is 538 g/mol. The average Bonchev–Trinajstić information content (AvgIpc) is 3.68. The van der Waals surface area contributed by atoms with Gasteiger partial charge in [-0.2, -0.15) is 5.10 Å². The Hall–Kier alpha value is -4.81. The van der Waals surface area contributed by atoms with E-state index in [1.165, 1.54) is 28.0 Å². The standard InChI is InChI=1S/C36H27N3O2S/c40-35-30(21-29-27-16-8-7-12-24(27)18-19-31(29)41-35)32-22-37-36(42-32)39-34(25-13-5-2-6-14-25)28-17-9-15-26(33(28)38-39)20-23-10-3-1-4-11-23/h1-8,10-14,16,18-22,28,34H,9,15,17H2/b26-20+/t28-,34-/m0/s1. The van der Waals surface area contributed by atoms with Gasteiger partial charge in [-0.25, -0.2) is 14.8 Å². The minimum absolute atomic E-state index is 0.0385. The molecule has 2 atom stereocenters. The van der Waals surface area contributed by atoms with Gasteiger partial charge in [-0.15, -0.1) is 0 Å². The number of hydrogen-bond donors (Lipinski definition) is 0.